The Hall–Kier alpha value is -1.43. The molecule has 1 heterocycles. The standard InChI is InChI=1S/C13H16ClFN4/c1-3-19-13(11(14)7-17-19)12(18-16)10-6-9(15)5-4-8(10)2/h4-7,12,18H,3,16H2,1-2H3. The van der Waals surface area contributed by atoms with E-state index in [1.165, 1.54) is 12.1 Å². The van der Waals surface area contributed by atoms with Gasteiger partial charge in [0.15, 0.2) is 0 Å². The molecule has 3 N–H and O–H groups in total. The lowest BCUT2D eigenvalue weighted by Gasteiger charge is -2.20. The van der Waals surface area contributed by atoms with Gasteiger partial charge in [-0.05, 0) is 37.1 Å². The summed E-state index contributed by atoms with van der Waals surface area (Å²) < 4.78 is 15.2. The SMILES string of the molecule is CCn1ncc(Cl)c1C(NN)c1cc(F)ccc1C. The lowest BCUT2D eigenvalue weighted by molar-refractivity contribution is 0.538. The van der Waals surface area contributed by atoms with Crippen molar-refractivity contribution in [2.75, 3.05) is 0 Å². The number of hydrazine groups is 1. The minimum absolute atomic E-state index is 0.306. The summed E-state index contributed by atoms with van der Waals surface area (Å²) in [6.45, 7) is 4.52. The number of benzene rings is 1. The van der Waals surface area contributed by atoms with Crippen LogP contribution in [0, 0.1) is 12.7 Å². The van der Waals surface area contributed by atoms with Crippen LogP contribution in [0.2, 0.25) is 5.02 Å². The van der Waals surface area contributed by atoms with Gasteiger partial charge >= 0.3 is 0 Å². The largest absolute Gasteiger partial charge is 0.271 e. The third kappa shape index (κ3) is 2.63. The summed E-state index contributed by atoms with van der Waals surface area (Å²) in [4.78, 5) is 0. The van der Waals surface area contributed by atoms with Gasteiger partial charge in [0.1, 0.15) is 5.82 Å². The Labute approximate surface area is 116 Å². The molecule has 0 amide bonds. The fourth-order valence-electron chi connectivity index (χ4n) is 2.15. The highest BCUT2D eigenvalue weighted by Crippen LogP contribution is 2.30. The molecule has 1 unspecified atom stereocenters. The van der Waals surface area contributed by atoms with E-state index in [-0.39, 0.29) is 5.82 Å². The first-order chi connectivity index (χ1) is 9.08. The predicted molar refractivity (Wildman–Crippen MR) is 73.2 cm³/mol. The van der Waals surface area contributed by atoms with Gasteiger partial charge in [-0.25, -0.2) is 9.82 Å². The first kappa shape index (κ1) is 14.0. The topological polar surface area (TPSA) is 55.9 Å². The first-order valence-corrected chi connectivity index (χ1v) is 6.39. The van der Waals surface area contributed by atoms with Crippen LogP contribution in [0.4, 0.5) is 4.39 Å². The highest BCUT2D eigenvalue weighted by molar-refractivity contribution is 6.31. The predicted octanol–water partition coefficient (Wildman–Crippen LogP) is 2.56. The van der Waals surface area contributed by atoms with E-state index in [1.54, 1.807) is 16.9 Å². The first-order valence-electron chi connectivity index (χ1n) is 6.01. The van der Waals surface area contributed by atoms with Crippen LogP contribution in [-0.4, -0.2) is 9.78 Å². The van der Waals surface area contributed by atoms with Crippen molar-refractivity contribution in [1.29, 1.82) is 0 Å². The maximum atomic E-state index is 13.4. The van der Waals surface area contributed by atoms with Gasteiger partial charge in [0.25, 0.3) is 0 Å². The second kappa shape index (κ2) is 5.69. The summed E-state index contributed by atoms with van der Waals surface area (Å²) in [5.74, 6) is 5.33. The lowest BCUT2D eigenvalue weighted by atomic mass is 9.99. The van der Waals surface area contributed by atoms with E-state index >= 15 is 0 Å². The third-order valence-electron chi connectivity index (χ3n) is 3.13. The Bertz CT molecular complexity index is 582. The van der Waals surface area contributed by atoms with Crippen LogP contribution in [0.25, 0.3) is 0 Å². The molecule has 0 saturated heterocycles. The minimum Gasteiger partial charge on any atom is -0.271 e. The summed E-state index contributed by atoms with van der Waals surface area (Å²) in [5.41, 5.74) is 5.11. The maximum Gasteiger partial charge on any atom is 0.123 e. The number of nitrogens with zero attached hydrogens (tertiary/aromatic N) is 2. The fourth-order valence-corrected chi connectivity index (χ4v) is 2.40. The summed E-state index contributed by atoms with van der Waals surface area (Å²) in [7, 11) is 0. The Balaban J connectivity index is 2.56. The number of rotatable bonds is 4. The molecule has 1 aromatic carbocycles. The van der Waals surface area contributed by atoms with Crippen LogP contribution in [-0.2, 0) is 6.54 Å². The van der Waals surface area contributed by atoms with Gasteiger partial charge in [-0.15, -0.1) is 0 Å². The van der Waals surface area contributed by atoms with Crippen molar-refractivity contribution >= 4 is 11.6 Å². The highest BCUT2D eigenvalue weighted by Gasteiger charge is 2.22. The number of aromatic nitrogens is 2. The molecule has 1 aromatic heterocycles. The normalized spacial score (nSPS) is 12.7. The van der Waals surface area contributed by atoms with Crippen molar-refractivity contribution in [3.8, 4) is 0 Å². The van der Waals surface area contributed by atoms with Crippen molar-refractivity contribution in [2.24, 2.45) is 5.84 Å². The van der Waals surface area contributed by atoms with Crippen molar-refractivity contribution in [1.82, 2.24) is 15.2 Å². The zero-order chi connectivity index (χ0) is 14.0. The number of halogens is 2. The molecule has 1 atom stereocenters. The Morgan fingerprint density at radius 2 is 2.26 bits per heavy atom. The van der Waals surface area contributed by atoms with Gasteiger partial charge in [-0.2, -0.15) is 5.10 Å². The average molecular weight is 283 g/mol. The molecular formula is C13H16ClFN4. The molecule has 102 valence electrons. The van der Waals surface area contributed by atoms with E-state index in [0.29, 0.717) is 11.6 Å². The molecular weight excluding hydrogens is 267 g/mol. The van der Waals surface area contributed by atoms with Gasteiger partial charge in [0.2, 0.25) is 0 Å². The second-order valence-corrected chi connectivity index (χ2v) is 4.70. The van der Waals surface area contributed by atoms with Crippen molar-refractivity contribution in [3.63, 3.8) is 0 Å². The van der Waals surface area contributed by atoms with Crippen LogP contribution in [0.5, 0.6) is 0 Å². The van der Waals surface area contributed by atoms with E-state index in [9.17, 15) is 4.39 Å². The average Bonchev–Trinajstić information content (AvgIpc) is 2.76. The Morgan fingerprint density at radius 1 is 1.53 bits per heavy atom. The number of nitrogens with one attached hydrogen (secondary N) is 1. The number of hydrogen-bond acceptors (Lipinski definition) is 3. The Morgan fingerprint density at radius 3 is 2.89 bits per heavy atom. The molecule has 0 bridgehead atoms. The van der Waals surface area contributed by atoms with E-state index in [0.717, 1.165) is 16.8 Å². The molecule has 0 aliphatic heterocycles. The van der Waals surface area contributed by atoms with E-state index < -0.39 is 6.04 Å². The fraction of sp³-hybridized carbons (Fsp3) is 0.308. The van der Waals surface area contributed by atoms with Crippen molar-refractivity contribution < 1.29 is 4.39 Å². The van der Waals surface area contributed by atoms with Crippen LogP contribution in [0.1, 0.15) is 29.8 Å². The zero-order valence-electron chi connectivity index (χ0n) is 10.8. The van der Waals surface area contributed by atoms with Crippen molar-refractivity contribution in [3.05, 3.63) is 52.1 Å². The van der Waals surface area contributed by atoms with Crippen LogP contribution < -0.4 is 11.3 Å². The molecule has 0 spiro atoms. The van der Waals surface area contributed by atoms with E-state index in [1.807, 2.05) is 13.8 Å². The molecule has 0 radical (unpaired) electrons. The third-order valence-corrected chi connectivity index (χ3v) is 3.42. The number of hydrogen-bond donors (Lipinski definition) is 2. The molecule has 6 heteroatoms. The molecule has 2 aromatic rings. The summed E-state index contributed by atoms with van der Waals surface area (Å²) in [6, 6.07) is 4.20. The quantitative estimate of drug-likeness (QED) is 0.669. The highest BCUT2D eigenvalue weighted by atomic mass is 35.5. The smallest absolute Gasteiger partial charge is 0.123 e. The molecule has 0 saturated carbocycles. The molecule has 2 rings (SSSR count). The van der Waals surface area contributed by atoms with Gasteiger partial charge in [-0.1, -0.05) is 17.7 Å². The van der Waals surface area contributed by atoms with Crippen LogP contribution >= 0.6 is 11.6 Å². The van der Waals surface area contributed by atoms with Gasteiger partial charge < -0.3 is 0 Å². The molecule has 0 fully saturated rings. The molecule has 4 nitrogen and oxygen atoms in total. The Kier molecular flexibility index (Phi) is 4.19. The monoisotopic (exact) mass is 282 g/mol. The molecule has 19 heavy (non-hydrogen) atoms. The minimum atomic E-state index is -0.398. The summed E-state index contributed by atoms with van der Waals surface area (Å²) in [6.07, 6.45) is 1.57. The number of aryl methyl sites for hydroxylation is 2. The number of nitrogens with two attached hydrogens (primary N) is 1. The summed E-state index contributed by atoms with van der Waals surface area (Å²) in [5, 5.41) is 4.68. The van der Waals surface area contributed by atoms with Crippen LogP contribution in [0.15, 0.2) is 24.4 Å². The zero-order valence-corrected chi connectivity index (χ0v) is 11.6. The van der Waals surface area contributed by atoms with Gasteiger partial charge in [-0.3, -0.25) is 10.5 Å². The van der Waals surface area contributed by atoms with Gasteiger partial charge in [0.05, 0.1) is 23.0 Å². The molecule has 0 aliphatic carbocycles. The van der Waals surface area contributed by atoms with Crippen LogP contribution in [0.3, 0.4) is 0 Å². The van der Waals surface area contributed by atoms with Gasteiger partial charge in [0, 0.05) is 6.54 Å². The van der Waals surface area contributed by atoms with E-state index in [2.05, 4.69) is 10.5 Å². The molecule has 0 aliphatic rings. The lowest BCUT2D eigenvalue weighted by Crippen LogP contribution is -2.31. The van der Waals surface area contributed by atoms with Crippen molar-refractivity contribution in [2.45, 2.75) is 26.4 Å². The van der Waals surface area contributed by atoms with E-state index in [4.69, 9.17) is 17.4 Å². The maximum absolute atomic E-state index is 13.4. The summed E-state index contributed by atoms with van der Waals surface area (Å²) >= 11 is 6.17. The second-order valence-electron chi connectivity index (χ2n) is 4.29.